The van der Waals surface area contributed by atoms with Crippen molar-refractivity contribution in [3.63, 3.8) is 0 Å². The van der Waals surface area contributed by atoms with Crippen molar-refractivity contribution in [1.82, 2.24) is 15.3 Å². The number of nitrogens with one attached hydrogen (secondary N) is 2. The van der Waals surface area contributed by atoms with E-state index in [0.717, 1.165) is 33.7 Å². The SMILES string of the molecule is C=C(C)c1c[nH]c(=O)c2cc3ccnc(OC[C@@H]4CCC(=O)N4)c3cc12. The molecule has 0 saturated carbocycles. The minimum absolute atomic E-state index is 0.00818. The Morgan fingerprint density at radius 1 is 1.31 bits per heavy atom. The van der Waals surface area contributed by atoms with Gasteiger partial charge < -0.3 is 15.0 Å². The number of aromatic amines is 1. The normalized spacial score (nSPS) is 16.8. The van der Waals surface area contributed by atoms with Gasteiger partial charge in [-0.2, -0.15) is 0 Å². The first-order chi connectivity index (χ1) is 12.5. The third-order valence-corrected chi connectivity index (χ3v) is 4.71. The lowest BCUT2D eigenvalue weighted by Gasteiger charge is -2.14. The highest BCUT2D eigenvalue weighted by atomic mass is 16.5. The molecule has 4 rings (SSSR count). The predicted octanol–water partition coefficient (Wildman–Crippen LogP) is 2.77. The summed E-state index contributed by atoms with van der Waals surface area (Å²) in [5, 5.41) is 6.02. The van der Waals surface area contributed by atoms with E-state index in [2.05, 4.69) is 21.9 Å². The zero-order chi connectivity index (χ0) is 18.3. The number of benzene rings is 1. The van der Waals surface area contributed by atoms with Crippen LogP contribution in [-0.4, -0.2) is 28.5 Å². The summed E-state index contributed by atoms with van der Waals surface area (Å²) in [7, 11) is 0. The first kappa shape index (κ1) is 16.3. The maximum Gasteiger partial charge on any atom is 0.255 e. The van der Waals surface area contributed by atoms with Crippen LogP contribution in [-0.2, 0) is 4.79 Å². The van der Waals surface area contributed by atoms with E-state index in [4.69, 9.17) is 4.74 Å². The van der Waals surface area contributed by atoms with Crippen molar-refractivity contribution in [1.29, 1.82) is 0 Å². The van der Waals surface area contributed by atoms with Crippen molar-refractivity contribution >= 4 is 33.0 Å². The van der Waals surface area contributed by atoms with Crippen molar-refractivity contribution in [2.75, 3.05) is 6.61 Å². The van der Waals surface area contributed by atoms with Crippen LogP contribution in [0.1, 0.15) is 25.3 Å². The van der Waals surface area contributed by atoms with Crippen molar-refractivity contribution in [2.24, 2.45) is 0 Å². The standard InChI is InChI=1S/C20H19N3O3/c1-11(2)17-9-22-19(25)16-7-12-5-6-21-20(14(12)8-15(16)17)26-10-13-3-4-18(24)23-13/h5-9,13H,1,3-4,10H2,2H3,(H,22,25)(H,23,24)/t13-/m0/s1. The molecule has 0 unspecified atom stereocenters. The van der Waals surface area contributed by atoms with Crippen LogP contribution in [0.5, 0.6) is 5.88 Å². The second kappa shape index (κ2) is 6.29. The number of nitrogens with zero attached hydrogens (tertiary/aromatic N) is 1. The van der Waals surface area contributed by atoms with Crippen LogP contribution in [0.4, 0.5) is 0 Å². The Morgan fingerprint density at radius 2 is 2.15 bits per heavy atom. The van der Waals surface area contributed by atoms with Gasteiger partial charge in [-0.05, 0) is 47.9 Å². The fourth-order valence-electron chi connectivity index (χ4n) is 3.35. The van der Waals surface area contributed by atoms with Gasteiger partial charge in [0.05, 0.1) is 6.04 Å². The number of ether oxygens (including phenoxy) is 1. The van der Waals surface area contributed by atoms with Gasteiger partial charge in [0.25, 0.3) is 5.56 Å². The predicted molar refractivity (Wildman–Crippen MR) is 101 cm³/mol. The summed E-state index contributed by atoms with van der Waals surface area (Å²) < 4.78 is 5.90. The zero-order valence-corrected chi connectivity index (χ0v) is 14.5. The Balaban J connectivity index is 1.80. The second-order valence-electron chi connectivity index (χ2n) is 6.66. The van der Waals surface area contributed by atoms with Crippen molar-refractivity contribution in [2.45, 2.75) is 25.8 Å². The van der Waals surface area contributed by atoms with Gasteiger partial charge in [0.15, 0.2) is 0 Å². The molecule has 0 radical (unpaired) electrons. The number of H-pyrrole nitrogens is 1. The minimum atomic E-state index is -0.139. The number of hydrogen-bond donors (Lipinski definition) is 2. The molecule has 1 aromatic carbocycles. The van der Waals surface area contributed by atoms with Gasteiger partial charge in [-0.3, -0.25) is 9.59 Å². The average molecular weight is 349 g/mol. The third-order valence-electron chi connectivity index (χ3n) is 4.71. The Labute approximate surface area is 149 Å². The Hall–Kier alpha value is -3.15. The molecule has 2 aromatic heterocycles. The molecule has 0 bridgehead atoms. The molecule has 1 atom stereocenters. The highest BCUT2D eigenvalue weighted by Gasteiger charge is 2.21. The van der Waals surface area contributed by atoms with Gasteiger partial charge in [-0.25, -0.2) is 4.98 Å². The van der Waals surface area contributed by atoms with E-state index in [1.807, 2.05) is 25.1 Å². The molecule has 1 fully saturated rings. The summed E-state index contributed by atoms with van der Waals surface area (Å²) in [5.74, 6) is 0.555. The number of aromatic nitrogens is 2. The number of hydrogen-bond acceptors (Lipinski definition) is 4. The lowest BCUT2D eigenvalue weighted by molar-refractivity contribution is -0.119. The topological polar surface area (TPSA) is 84.1 Å². The number of pyridine rings is 2. The molecule has 26 heavy (non-hydrogen) atoms. The largest absolute Gasteiger partial charge is 0.475 e. The van der Waals surface area contributed by atoms with Crippen molar-refractivity contribution < 1.29 is 9.53 Å². The molecular formula is C20H19N3O3. The van der Waals surface area contributed by atoms with Crippen LogP contribution in [0.2, 0.25) is 0 Å². The molecule has 132 valence electrons. The Morgan fingerprint density at radius 3 is 2.88 bits per heavy atom. The van der Waals surface area contributed by atoms with E-state index in [9.17, 15) is 9.59 Å². The highest BCUT2D eigenvalue weighted by Crippen LogP contribution is 2.30. The Bertz CT molecular complexity index is 1100. The Kier molecular flexibility index (Phi) is 3.95. The highest BCUT2D eigenvalue weighted by molar-refractivity contribution is 6.03. The number of allylic oxidation sites excluding steroid dienone is 1. The molecular weight excluding hydrogens is 330 g/mol. The van der Waals surface area contributed by atoms with Gasteiger partial charge >= 0.3 is 0 Å². The lowest BCUT2D eigenvalue weighted by Crippen LogP contribution is -2.31. The van der Waals surface area contributed by atoms with Gasteiger partial charge in [0, 0.05) is 35.2 Å². The fraction of sp³-hybridized carbons (Fsp3) is 0.250. The molecule has 0 spiro atoms. The number of carbonyl (C=O) groups is 1. The molecule has 6 nitrogen and oxygen atoms in total. The van der Waals surface area contributed by atoms with E-state index in [0.29, 0.717) is 24.3 Å². The van der Waals surface area contributed by atoms with Crippen LogP contribution in [0, 0.1) is 0 Å². The zero-order valence-electron chi connectivity index (χ0n) is 14.5. The van der Waals surface area contributed by atoms with E-state index >= 15 is 0 Å². The first-order valence-corrected chi connectivity index (χ1v) is 8.55. The monoisotopic (exact) mass is 349 g/mol. The van der Waals surface area contributed by atoms with Crippen LogP contribution >= 0.6 is 0 Å². The van der Waals surface area contributed by atoms with Gasteiger partial charge in [0.1, 0.15) is 6.61 Å². The van der Waals surface area contributed by atoms with Crippen LogP contribution in [0.25, 0.3) is 27.1 Å². The van der Waals surface area contributed by atoms with E-state index < -0.39 is 0 Å². The third kappa shape index (κ3) is 2.83. The van der Waals surface area contributed by atoms with Gasteiger partial charge in [0.2, 0.25) is 11.8 Å². The first-order valence-electron chi connectivity index (χ1n) is 8.55. The van der Waals surface area contributed by atoms with E-state index in [-0.39, 0.29) is 17.5 Å². The fourth-order valence-corrected chi connectivity index (χ4v) is 3.35. The van der Waals surface area contributed by atoms with E-state index in [1.165, 1.54) is 0 Å². The molecule has 1 saturated heterocycles. The number of carbonyl (C=O) groups excluding carboxylic acids is 1. The molecule has 3 aromatic rings. The summed E-state index contributed by atoms with van der Waals surface area (Å²) in [6.07, 6.45) is 4.64. The molecule has 0 aliphatic carbocycles. The molecule has 2 N–H and O–H groups in total. The molecule has 1 aliphatic rings. The summed E-state index contributed by atoms with van der Waals surface area (Å²) in [5.41, 5.74) is 1.62. The minimum Gasteiger partial charge on any atom is -0.475 e. The van der Waals surface area contributed by atoms with Crippen molar-refractivity contribution in [3.8, 4) is 5.88 Å². The maximum absolute atomic E-state index is 12.2. The number of amides is 1. The molecule has 1 amide bonds. The second-order valence-corrected chi connectivity index (χ2v) is 6.66. The summed E-state index contributed by atoms with van der Waals surface area (Å²) in [4.78, 5) is 30.7. The smallest absolute Gasteiger partial charge is 0.255 e. The van der Waals surface area contributed by atoms with Crippen LogP contribution in [0.3, 0.4) is 0 Å². The number of fused-ring (bicyclic) bond motifs is 2. The van der Waals surface area contributed by atoms with E-state index in [1.54, 1.807) is 12.4 Å². The van der Waals surface area contributed by atoms with Crippen molar-refractivity contribution in [3.05, 3.63) is 53.1 Å². The van der Waals surface area contributed by atoms with Crippen LogP contribution in [0.15, 0.2) is 42.0 Å². The van der Waals surface area contributed by atoms with Crippen LogP contribution < -0.4 is 15.6 Å². The summed E-state index contributed by atoms with van der Waals surface area (Å²) in [6.45, 7) is 6.27. The molecule has 3 heterocycles. The van der Waals surface area contributed by atoms with Gasteiger partial charge in [-0.15, -0.1) is 0 Å². The summed E-state index contributed by atoms with van der Waals surface area (Å²) >= 11 is 0. The lowest BCUT2D eigenvalue weighted by atomic mass is 10.00. The average Bonchev–Trinajstić information content (AvgIpc) is 3.04. The molecule has 1 aliphatic heterocycles. The maximum atomic E-state index is 12.2. The quantitative estimate of drug-likeness (QED) is 0.710. The number of rotatable bonds is 4. The van der Waals surface area contributed by atoms with Gasteiger partial charge in [-0.1, -0.05) is 6.58 Å². The summed E-state index contributed by atoms with van der Waals surface area (Å²) in [6, 6.07) is 5.64. The molecule has 6 heteroatoms.